The standard InChI is InChI=1S/C14H10BrClF3NO/c15-11-6-5-8(16)7-10(11)13(20)9-3-1-2-4-12(9)21-14(17,18)19/h1-7,13H,20H2. The summed E-state index contributed by atoms with van der Waals surface area (Å²) in [4.78, 5) is 0. The van der Waals surface area contributed by atoms with Crippen LogP contribution < -0.4 is 10.5 Å². The first-order valence-corrected chi connectivity index (χ1v) is 7.00. The van der Waals surface area contributed by atoms with Gasteiger partial charge in [0.1, 0.15) is 5.75 Å². The molecule has 0 aliphatic rings. The number of nitrogens with two attached hydrogens (primary N) is 1. The molecule has 2 nitrogen and oxygen atoms in total. The highest BCUT2D eigenvalue weighted by molar-refractivity contribution is 9.10. The molecule has 21 heavy (non-hydrogen) atoms. The van der Waals surface area contributed by atoms with Gasteiger partial charge >= 0.3 is 6.36 Å². The summed E-state index contributed by atoms with van der Waals surface area (Å²) in [5.41, 5.74) is 6.86. The molecule has 0 heterocycles. The zero-order valence-corrected chi connectivity index (χ0v) is 12.8. The third kappa shape index (κ3) is 4.12. The number of ether oxygens (including phenoxy) is 1. The van der Waals surface area contributed by atoms with Crippen molar-refractivity contribution in [1.82, 2.24) is 0 Å². The van der Waals surface area contributed by atoms with E-state index in [0.717, 1.165) is 0 Å². The van der Waals surface area contributed by atoms with Gasteiger partial charge in [-0.1, -0.05) is 45.7 Å². The highest BCUT2D eigenvalue weighted by Crippen LogP contribution is 2.35. The molecule has 7 heteroatoms. The molecule has 2 aromatic carbocycles. The van der Waals surface area contributed by atoms with Gasteiger partial charge in [0.05, 0.1) is 6.04 Å². The first kappa shape index (κ1) is 16.1. The maximum absolute atomic E-state index is 12.4. The second kappa shape index (κ2) is 6.25. The smallest absolute Gasteiger partial charge is 0.405 e. The fourth-order valence-electron chi connectivity index (χ4n) is 1.88. The minimum Gasteiger partial charge on any atom is -0.405 e. The molecule has 0 radical (unpaired) electrons. The average molecular weight is 381 g/mol. The Kier molecular flexibility index (Phi) is 4.81. The number of alkyl halides is 3. The molecular weight excluding hydrogens is 371 g/mol. The first-order chi connectivity index (χ1) is 9.78. The Morgan fingerprint density at radius 2 is 1.76 bits per heavy atom. The first-order valence-electron chi connectivity index (χ1n) is 5.83. The SMILES string of the molecule is NC(c1cc(Cl)ccc1Br)c1ccccc1OC(F)(F)F. The van der Waals surface area contributed by atoms with Crippen LogP contribution >= 0.6 is 27.5 Å². The quantitative estimate of drug-likeness (QED) is 0.809. The molecule has 2 aromatic rings. The molecule has 0 amide bonds. The van der Waals surface area contributed by atoms with E-state index in [1.54, 1.807) is 24.3 Å². The van der Waals surface area contributed by atoms with Crippen LogP contribution in [0.2, 0.25) is 5.02 Å². The van der Waals surface area contributed by atoms with Gasteiger partial charge in [-0.25, -0.2) is 0 Å². The van der Waals surface area contributed by atoms with Gasteiger partial charge < -0.3 is 10.5 Å². The van der Waals surface area contributed by atoms with Gasteiger partial charge in [0.25, 0.3) is 0 Å². The Morgan fingerprint density at radius 1 is 1.10 bits per heavy atom. The van der Waals surface area contributed by atoms with Crippen molar-refractivity contribution in [2.75, 3.05) is 0 Å². The highest BCUT2D eigenvalue weighted by Gasteiger charge is 2.32. The summed E-state index contributed by atoms with van der Waals surface area (Å²) in [7, 11) is 0. The van der Waals surface area contributed by atoms with Crippen LogP contribution in [-0.4, -0.2) is 6.36 Å². The monoisotopic (exact) mass is 379 g/mol. The fraction of sp³-hybridized carbons (Fsp3) is 0.143. The van der Waals surface area contributed by atoms with Crippen molar-refractivity contribution in [3.8, 4) is 5.75 Å². The molecule has 0 aliphatic carbocycles. The second-order valence-corrected chi connectivity index (χ2v) is 5.52. The number of halogens is 5. The van der Waals surface area contributed by atoms with E-state index in [4.69, 9.17) is 17.3 Å². The highest BCUT2D eigenvalue weighted by atomic mass is 79.9. The molecule has 112 valence electrons. The van der Waals surface area contributed by atoms with E-state index in [1.807, 2.05) is 0 Å². The fourth-order valence-corrected chi connectivity index (χ4v) is 2.55. The molecule has 2 N–H and O–H groups in total. The second-order valence-electron chi connectivity index (χ2n) is 4.23. The maximum Gasteiger partial charge on any atom is 0.573 e. The molecule has 1 atom stereocenters. The van der Waals surface area contributed by atoms with E-state index in [9.17, 15) is 13.2 Å². The molecule has 0 aliphatic heterocycles. The molecule has 0 spiro atoms. The van der Waals surface area contributed by atoms with Gasteiger partial charge in [-0.05, 0) is 29.8 Å². The van der Waals surface area contributed by atoms with E-state index in [2.05, 4.69) is 20.7 Å². The van der Waals surface area contributed by atoms with Crippen molar-refractivity contribution in [2.24, 2.45) is 5.73 Å². The minimum atomic E-state index is -4.78. The van der Waals surface area contributed by atoms with E-state index in [1.165, 1.54) is 18.2 Å². The van der Waals surface area contributed by atoms with Crippen molar-refractivity contribution < 1.29 is 17.9 Å². The van der Waals surface area contributed by atoms with Crippen LogP contribution in [0.15, 0.2) is 46.9 Å². The van der Waals surface area contributed by atoms with Crippen molar-refractivity contribution in [3.63, 3.8) is 0 Å². The van der Waals surface area contributed by atoms with Crippen molar-refractivity contribution in [2.45, 2.75) is 12.4 Å². The molecule has 0 saturated heterocycles. The summed E-state index contributed by atoms with van der Waals surface area (Å²) in [5, 5.41) is 0.442. The average Bonchev–Trinajstić information content (AvgIpc) is 2.39. The van der Waals surface area contributed by atoms with E-state index in [-0.39, 0.29) is 11.3 Å². The summed E-state index contributed by atoms with van der Waals surface area (Å²) in [6.07, 6.45) is -4.78. The molecule has 2 rings (SSSR count). The zero-order chi connectivity index (χ0) is 15.6. The van der Waals surface area contributed by atoms with Crippen LogP contribution in [0.3, 0.4) is 0 Å². The number of hydrogen-bond acceptors (Lipinski definition) is 2. The van der Waals surface area contributed by atoms with Gasteiger partial charge in [-0.15, -0.1) is 13.2 Å². The summed E-state index contributed by atoms with van der Waals surface area (Å²) < 4.78 is 42.0. The lowest BCUT2D eigenvalue weighted by Crippen LogP contribution is -2.20. The molecule has 0 saturated carbocycles. The topological polar surface area (TPSA) is 35.2 Å². The van der Waals surface area contributed by atoms with E-state index in [0.29, 0.717) is 15.1 Å². The van der Waals surface area contributed by atoms with Crippen molar-refractivity contribution >= 4 is 27.5 Å². The van der Waals surface area contributed by atoms with E-state index < -0.39 is 12.4 Å². The van der Waals surface area contributed by atoms with Crippen molar-refractivity contribution in [3.05, 3.63) is 63.1 Å². The minimum absolute atomic E-state index is 0.220. The predicted octanol–water partition coefficient (Wildman–Crippen LogP) is 5.05. The van der Waals surface area contributed by atoms with E-state index >= 15 is 0 Å². The summed E-state index contributed by atoms with van der Waals surface area (Å²) >= 11 is 9.22. The number of benzene rings is 2. The third-order valence-corrected chi connectivity index (χ3v) is 3.73. The lowest BCUT2D eigenvalue weighted by Gasteiger charge is -2.19. The number of hydrogen-bond donors (Lipinski definition) is 1. The zero-order valence-electron chi connectivity index (χ0n) is 10.5. The van der Waals surface area contributed by atoms with Crippen LogP contribution in [0, 0.1) is 0 Å². The lowest BCUT2D eigenvalue weighted by molar-refractivity contribution is -0.274. The third-order valence-electron chi connectivity index (χ3n) is 2.77. The normalized spacial score (nSPS) is 13.0. The summed E-state index contributed by atoms with van der Waals surface area (Å²) in [5.74, 6) is -0.329. The molecule has 1 unspecified atom stereocenters. The maximum atomic E-state index is 12.4. The Balaban J connectivity index is 2.44. The number of rotatable bonds is 3. The Morgan fingerprint density at radius 3 is 2.43 bits per heavy atom. The van der Waals surface area contributed by atoms with Crippen LogP contribution in [0.25, 0.3) is 0 Å². The lowest BCUT2D eigenvalue weighted by atomic mass is 9.99. The Bertz CT molecular complexity index is 648. The van der Waals surface area contributed by atoms with Crippen LogP contribution in [0.1, 0.15) is 17.2 Å². The Hall–Kier alpha value is -1.24. The van der Waals surface area contributed by atoms with Crippen LogP contribution in [-0.2, 0) is 0 Å². The predicted molar refractivity (Wildman–Crippen MR) is 78.3 cm³/mol. The van der Waals surface area contributed by atoms with Gasteiger partial charge in [-0.2, -0.15) is 0 Å². The molecule has 0 bridgehead atoms. The largest absolute Gasteiger partial charge is 0.573 e. The number of para-hydroxylation sites is 1. The van der Waals surface area contributed by atoms with Gasteiger partial charge in [0.2, 0.25) is 0 Å². The molecular formula is C14H10BrClF3NO. The van der Waals surface area contributed by atoms with Gasteiger partial charge in [0, 0.05) is 15.1 Å². The molecule has 0 aromatic heterocycles. The summed E-state index contributed by atoms with van der Waals surface area (Å²) in [6.45, 7) is 0. The van der Waals surface area contributed by atoms with Gasteiger partial charge in [0.15, 0.2) is 0 Å². The Labute approximate surface area is 132 Å². The van der Waals surface area contributed by atoms with Gasteiger partial charge in [-0.3, -0.25) is 0 Å². The van der Waals surface area contributed by atoms with Crippen LogP contribution in [0.5, 0.6) is 5.75 Å². The van der Waals surface area contributed by atoms with Crippen LogP contribution in [0.4, 0.5) is 13.2 Å². The molecule has 0 fully saturated rings. The summed E-state index contributed by atoms with van der Waals surface area (Å²) in [6, 6.07) is 9.88. The van der Waals surface area contributed by atoms with Crippen molar-refractivity contribution in [1.29, 1.82) is 0 Å².